The molecule has 70 valence electrons. The number of rotatable bonds is 2. The third-order valence-electron chi connectivity index (χ3n) is 2.82. The highest BCUT2D eigenvalue weighted by Crippen LogP contribution is 2.42. The normalized spacial score (nSPS) is 35.0. The fraction of sp³-hybridized carbons (Fsp3) is 1.00. The van der Waals surface area contributed by atoms with E-state index in [1.165, 1.54) is 0 Å². The fourth-order valence-electron chi connectivity index (χ4n) is 1.76. The van der Waals surface area contributed by atoms with E-state index in [4.69, 9.17) is 21.4 Å². The zero-order chi connectivity index (χ0) is 8.60. The number of ether oxygens (including phenoxy) is 1. The van der Waals surface area contributed by atoms with E-state index >= 15 is 0 Å². The number of nitrogens with zero attached hydrogens (tertiary/aromatic N) is 1. The first kappa shape index (κ1) is 8.75. The molecule has 0 spiro atoms. The number of hydrogen-bond acceptors (Lipinski definition) is 3. The summed E-state index contributed by atoms with van der Waals surface area (Å²) in [5.74, 6) is 0. The molecule has 0 amide bonds. The predicted octanol–water partition coefficient (Wildman–Crippen LogP) is 0.408. The van der Waals surface area contributed by atoms with Crippen LogP contribution in [0.3, 0.4) is 0 Å². The molecule has 1 atom stereocenters. The minimum atomic E-state index is -0.192. The summed E-state index contributed by atoms with van der Waals surface area (Å²) >= 11 is 5.86. The van der Waals surface area contributed by atoms with E-state index in [-0.39, 0.29) is 17.7 Å². The molecular weight excluding hydrogens is 178 g/mol. The first-order chi connectivity index (χ1) is 5.77. The molecule has 1 heterocycles. The molecule has 2 aliphatic rings. The van der Waals surface area contributed by atoms with Crippen LogP contribution in [0.5, 0.6) is 0 Å². The highest BCUT2D eigenvalue weighted by atomic mass is 35.5. The van der Waals surface area contributed by atoms with Crippen molar-refractivity contribution in [1.29, 1.82) is 0 Å². The van der Waals surface area contributed by atoms with Crippen molar-refractivity contribution < 1.29 is 9.84 Å². The van der Waals surface area contributed by atoms with Gasteiger partial charge in [-0.15, -0.1) is 0 Å². The number of halogens is 1. The molecule has 1 unspecified atom stereocenters. The van der Waals surface area contributed by atoms with Crippen LogP contribution in [0, 0.1) is 0 Å². The summed E-state index contributed by atoms with van der Waals surface area (Å²) in [6.07, 6.45) is 2.21. The second kappa shape index (κ2) is 3.14. The van der Waals surface area contributed by atoms with Gasteiger partial charge in [-0.1, -0.05) is 11.6 Å². The Morgan fingerprint density at radius 2 is 2.33 bits per heavy atom. The maximum atomic E-state index is 9.17. The fourth-order valence-corrected chi connectivity index (χ4v) is 2.01. The number of morpholine rings is 1. The zero-order valence-electron chi connectivity index (χ0n) is 7.00. The summed E-state index contributed by atoms with van der Waals surface area (Å²) in [7, 11) is 0. The summed E-state index contributed by atoms with van der Waals surface area (Å²) in [5, 5.41) is 9.17. The molecule has 0 aromatic carbocycles. The van der Waals surface area contributed by atoms with Crippen molar-refractivity contribution >= 4 is 11.6 Å². The standard InChI is InChI=1S/C8H14ClNO2/c9-7-5-10(3-4-12-7)8(6-11)1-2-8/h7,11H,1-6H2. The molecule has 2 fully saturated rings. The molecule has 1 N–H and O–H groups in total. The molecule has 2 rings (SSSR count). The molecule has 0 bridgehead atoms. The third kappa shape index (κ3) is 1.46. The summed E-state index contributed by atoms with van der Waals surface area (Å²) in [6.45, 7) is 2.61. The van der Waals surface area contributed by atoms with Crippen LogP contribution in [0.2, 0.25) is 0 Å². The number of aliphatic hydroxyl groups is 1. The van der Waals surface area contributed by atoms with Gasteiger partial charge in [0, 0.05) is 18.6 Å². The van der Waals surface area contributed by atoms with E-state index < -0.39 is 0 Å². The Hall–Kier alpha value is 0.170. The highest BCUT2D eigenvalue weighted by Gasteiger charge is 2.48. The molecule has 0 aromatic heterocycles. The Kier molecular flexibility index (Phi) is 2.29. The molecule has 0 radical (unpaired) electrons. The van der Waals surface area contributed by atoms with Crippen LogP contribution < -0.4 is 0 Å². The molecule has 3 nitrogen and oxygen atoms in total. The van der Waals surface area contributed by atoms with Crippen LogP contribution >= 0.6 is 11.6 Å². The second-order valence-corrected chi connectivity index (χ2v) is 4.10. The van der Waals surface area contributed by atoms with Crippen LogP contribution in [0.4, 0.5) is 0 Å². The van der Waals surface area contributed by atoms with Gasteiger partial charge in [-0.05, 0) is 12.8 Å². The van der Waals surface area contributed by atoms with E-state index in [2.05, 4.69) is 4.90 Å². The summed E-state index contributed by atoms with van der Waals surface area (Å²) < 4.78 is 5.22. The van der Waals surface area contributed by atoms with Crippen molar-refractivity contribution in [3.8, 4) is 0 Å². The quantitative estimate of drug-likeness (QED) is 0.642. The van der Waals surface area contributed by atoms with Crippen molar-refractivity contribution in [3.63, 3.8) is 0 Å². The van der Waals surface area contributed by atoms with Crippen LogP contribution in [0.25, 0.3) is 0 Å². The Morgan fingerprint density at radius 3 is 2.83 bits per heavy atom. The van der Waals surface area contributed by atoms with Gasteiger partial charge >= 0.3 is 0 Å². The van der Waals surface area contributed by atoms with Gasteiger partial charge < -0.3 is 9.84 Å². The lowest BCUT2D eigenvalue weighted by molar-refractivity contribution is -0.0234. The predicted molar refractivity (Wildman–Crippen MR) is 46.2 cm³/mol. The van der Waals surface area contributed by atoms with E-state index in [0.29, 0.717) is 6.61 Å². The summed E-state index contributed by atoms with van der Waals surface area (Å²) in [5.41, 5.74) is -0.125. The molecular formula is C8H14ClNO2. The van der Waals surface area contributed by atoms with Gasteiger partial charge in [0.05, 0.1) is 13.2 Å². The minimum Gasteiger partial charge on any atom is -0.394 e. The lowest BCUT2D eigenvalue weighted by atomic mass is 10.2. The second-order valence-electron chi connectivity index (χ2n) is 3.61. The maximum Gasteiger partial charge on any atom is 0.143 e. The Balaban J connectivity index is 1.94. The van der Waals surface area contributed by atoms with Crippen molar-refractivity contribution in [2.45, 2.75) is 23.9 Å². The largest absolute Gasteiger partial charge is 0.394 e. The highest BCUT2D eigenvalue weighted by molar-refractivity contribution is 6.19. The van der Waals surface area contributed by atoms with Gasteiger partial charge in [-0.3, -0.25) is 4.90 Å². The maximum absolute atomic E-state index is 9.17. The third-order valence-corrected chi connectivity index (χ3v) is 3.08. The zero-order valence-corrected chi connectivity index (χ0v) is 7.76. The lowest BCUT2D eigenvalue weighted by Gasteiger charge is -2.35. The molecule has 1 aliphatic heterocycles. The summed E-state index contributed by atoms with van der Waals surface area (Å²) in [6, 6.07) is 0. The smallest absolute Gasteiger partial charge is 0.143 e. The molecule has 4 heteroatoms. The number of alkyl halides is 1. The Bertz CT molecular complexity index is 172. The van der Waals surface area contributed by atoms with Crippen molar-refractivity contribution in [1.82, 2.24) is 4.90 Å². The van der Waals surface area contributed by atoms with Crippen LogP contribution in [0.1, 0.15) is 12.8 Å². The van der Waals surface area contributed by atoms with Gasteiger partial charge in [0.15, 0.2) is 0 Å². The average Bonchev–Trinajstić information content (AvgIpc) is 2.84. The first-order valence-corrected chi connectivity index (χ1v) is 4.82. The molecule has 0 aromatic rings. The van der Waals surface area contributed by atoms with Gasteiger partial charge in [0.1, 0.15) is 5.56 Å². The minimum absolute atomic E-state index is 0.0664. The SMILES string of the molecule is OCC1(N2CCOC(Cl)C2)CC1. The molecule has 1 saturated heterocycles. The van der Waals surface area contributed by atoms with Gasteiger partial charge in [0.25, 0.3) is 0 Å². The van der Waals surface area contributed by atoms with Crippen molar-refractivity contribution in [3.05, 3.63) is 0 Å². The van der Waals surface area contributed by atoms with Crippen molar-refractivity contribution in [2.24, 2.45) is 0 Å². The average molecular weight is 192 g/mol. The Labute approximate surface area is 77.3 Å². The van der Waals surface area contributed by atoms with Crippen LogP contribution in [-0.2, 0) is 4.74 Å². The van der Waals surface area contributed by atoms with Gasteiger partial charge in [-0.25, -0.2) is 0 Å². The van der Waals surface area contributed by atoms with Crippen molar-refractivity contribution in [2.75, 3.05) is 26.3 Å². The van der Waals surface area contributed by atoms with E-state index in [0.717, 1.165) is 25.9 Å². The number of aliphatic hydroxyl groups excluding tert-OH is 1. The first-order valence-electron chi connectivity index (χ1n) is 4.38. The van der Waals surface area contributed by atoms with Crippen LogP contribution in [-0.4, -0.2) is 47.4 Å². The van der Waals surface area contributed by atoms with E-state index in [1.807, 2.05) is 0 Å². The molecule has 12 heavy (non-hydrogen) atoms. The Morgan fingerprint density at radius 1 is 1.58 bits per heavy atom. The van der Waals surface area contributed by atoms with Gasteiger partial charge in [0.2, 0.25) is 0 Å². The molecule has 1 aliphatic carbocycles. The van der Waals surface area contributed by atoms with E-state index in [1.54, 1.807) is 0 Å². The summed E-state index contributed by atoms with van der Waals surface area (Å²) in [4.78, 5) is 2.26. The topological polar surface area (TPSA) is 32.7 Å². The number of hydrogen-bond donors (Lipinski definition) is 1. The lowest BCUT2D eigenvalue weighted by Crippen LogP contribution is -2.49. The molecule has 1 saturated carbocycles. The van der Waals surface area contributed by atoms with Crippen LogP contribution in [0.15, 0.2) is 0 Å². The van der Waals surface area contributed by atoms with E-state index in [9.17, 15) is 0 Å². The van der Waals surface area contributed by atoms with Gasteiger partial charge in [-0.2, -0.15) is 0 Å². The monoisotopic (exact) mass is 191 g/mol.